The van der Waals surface area contributed by atoms with E-state index < -0.39 is 0 Å². The van der Waals surface area contributed by atoms with Gasteiger partial charge in [0.05, 0.1) is 30.0 Å². The Kier molecular flexibility index (Phi) is 4.86. The first-order chi connectivity index (χ1) is 12.7. The van der Waals surface area contributed by atoms with E-state index in [9.17, 15) is 4.79 Å². The Bertz CT molecular complexity index is 868. The van der Waals surface area contributed by atoms with Crippen LogP contribution in [0.1, 0.15) is 23.2 Å². The van der Waals surface area contributed by atoms with E-state index in [1.807, 2.05) is 24.3 Å². The minimum atomic E-state index is -0.0674. The summed E-state index contributed by atoms with van der Waals surface area (Å²) >= 11 is 1.53. The normalized spacial score (nSPS) is 16.7. The summed E-state index contributed by atoms with van der Waals surface area (Å²) in [5.74, 6) is 0.662. The molecule has 5 nitrogen and oxygen atoms in total. The molecule has 1 aliphatic heterocycles. The van der Waals surface area contributed by atoms with Crippen LogP contribution in [-0.2, 0) is 4.74 Å². The van der Waals surface area contributed by atoms with E-state index in [0.717, 1.165) is 35.4 Å². The van der Waals surface area contributed by atoms with Gasteiger partial charge in [0.25, 0.3) is 5.91 Å². The number of hydrogen-bond donors (Lipinski definition) is 0. The molecule has 0 saturated carbocycles. The Morgan fingerprint density at radius 1 is 1.27 bits per heavy atom. The summed E-state index contributed by atoms with van der Waals surface area (Å²) in [5, 5.41) is 0.711. The predicted molar refractivity (Wildman–Crippen MR) is 103 cm³/mol. The lowest BCUT2D eigenvalue weighted by atomic mass is 10.1. The zero-order chi connectivity index (χ0) is 17.9. The molecule has 26 heavy (non-hydrogen) atoms. The number of amides is 1. The molecule has 1 atom stereocenters. The van der Waals surface area contributed by atoms with E-state index in [0.29, 0.717) is 17.2 Å². The van der Waals surface area contributed by atoms with E-state index in [1.165, 1.54) is 11.3 Å². The number of rotatable bonds is 5. The van der Waals surface area contributed by atoms with Gasteiger partial charge in [-0.1, -0.05) is 23.5 Å². The molecule has 1 saturated heterocycles. The van der Waals surface area contributed by atoms with Crippen molar-refractivity contribution in [3.05, 3.63) is 54.1 Å². The van der Waals surface area contributed by atoms with Gasteiger partial charge in [-0.15, -0.1) is 0 Å². The first-order valence-corrected chi connectivity index (χ1v) is 9.49. The Balaban J connectivity index is 1.67. The molecule has 1 amide bonds. The van der Waals surface area contributed by atoms with Crippen molar-refractivity contribution in [2.75, 3.05) is 25.2 Å². The quantitative estimate of drug-likeness (QED) is 0.679. The highest BCUT2D eigenvalue weighted by atomic mass is 32.1. The Morgan fingerprint density at radius 2 is 2.08 bits per heavy atom. The average molecular weight is 368 g/mol. The van der Waals surface area contributed by atoms with E-state index in [1.54, 1.807) is 36.3 Å². The maximum absolute atomic E-state index is 13.2. The molecule has 0 unspecified atom stereocenters. The Hall–Kier alpha value is -2.44. The molecular weight excluding hydrogens is 348 g/mol. The molecule has 1 fully saturated rings. The molecule has 6 heteroatoms. The molecule has 2 heterocycles. The Labute approximate surface area is 156 Å². The number of anilines is 1. The molecule has 0 radical (unpaired) electrons. The fourth-order valence-corrected chi connectivity index (χ4v) is 4.08. The second kappa shape index (κ2) is 7.43. The molecule has 1 aromatic heterocycles. The second-order valence-electron chi connectivity index (χ2n) is 6.24. The van der Waals surface area contributed by atoms with E-state index in [4.69, 9.17) is 9.47 Å². The SMILES string of the molecule is COc1ccc(C(=O)N(C[C@H]2CCCO2)c2nc3ccccc3s2)cc1. The van der Waals surface area contributed by atoms with Crippen molar-refractivity contribution < 1.29 is 14.3 Å². The van der Waals surface area contributed by atoms with Gasteiger partial charge in [0.15, 0.2) is 5.13 Å². The molecule has 4 rings (SSSR count). The summed E-state index contributed by atoms with van der Waals surface area (Å²) in [4.78, 5) is 19.6. The van der Waals surface area contributed by atoms with Gasteiger partial charge in [0.1, 0.15) is 5.75 Å². The van der Waals surface area contributed by atoms with Crippen LogP contribution in [0, 0.1) is 0 Å². The number of aromatic nitrogens is 1. The number of thiazole rings is 1. The number of para-hydroxylation sites is 1. The number of carbonyl (C=O) groups is 1. The number of methoxy groups -OCH3 is 1. The lowest BCUT2D eigenvalue weighted by molar-refractivity contribution is 0.0917. The number of hydrogen-bond acceptors (Lipinski definition) is 5. The maximum Gasteiger partial charge on any atom is 0.260 e. The number of nitrogens with zero attached hydrogens (tertiary/aromatic N) is 2. The highest BCUT2D eigenvalue weighted by Gasteiger charge is 2.27. The van der Waals surface area contributed by atoms with Crippen LogP contribution in [0.2, 0.25) is 0 Å². The Morgan fingerprint density at radius 3 is 2.77 bits per heavy atom. The monoisotopic (exact) mass is 368 g/mol. The summed E-state index contributed by atoms with van der Waals surface area (Å²) in [7, 11) is 1.61. The molecule has 0 N–H and O–H groups in total. The highest BCUT2D eigenvalue weighted by molar-refractivity contribution is 7.22. The van der Waals surface area contributed by atoms with Crippen molar-refractivity contribution in [2.24, 2.45) is 0 Å². The zero-order valence-corrected chi connectivity index (χ0v) is 15.4. The summed E-state index contributed by atoms with van der Waals surface area (Å²) in [6, 6.07) is 15.1. The molecule has 0 bridgehead atoms. The van der Waals surface area contributed by atoms with Gasteiger partial charge in [0, 0.05) is 12.2 Å². The third-order valence-electron chi connectivity index (χ3n) is 4.51. The third kappa shape index (κ3) is 3.43. The van der Waals surface area contributed by atoms with Gasteiger partial charge in [-0.2, -0.15) is 0 Å². The molecule has 134 valence electrons. The van der Waals surface area contributed by atoms with Gasteiger partial charge in [0.2, 0.25) is 0 Å². The lowest BCUT2D eigenvalue weighted by Gasteiger charge is -2.23. The second-order valence-corrected chi connectivity index (χ2v) is 7.25. The fourth-order valence-electron chi connectivity index (χ4n) is 3.10. The molecule has 1 aliphatic rings. The van der Waals surface area contributed by atoms with Crippen LogP contribution < -0.4 is 9.64 Å². The molecule has 2 aromatic carbocycles. The van der Waals surface area contributed by atoms with E-state index >= 15 is 0 Å². The summed E-state index contributed by atoms with van der Waals surface area (Å²) < 4.78 is 12.0. The number of benzene rings is 2. The van der Waals surface area contributed by atoms with Crippen LogP contribution in [0.3, 0.4) is 0 Å². The first-order valence-electron chi connectivity index (χ1n) is 8.67. The van der Waals surface area contributed by atoms with Crippen LogP contribution >= 0.6 is 11.3 Å². The van der Waals surface area contributed by atoms with Crippen LogP contribution in [0.15, 0.2) is 48.5 Å². The van der Waals surface area contributed by atoms with Gasteiger partial charge in [-0.05, 0) is 49.2 Å². The minimum Gasteiger partial charge on any atom is -0.497 e. The third-order valence-corrected chi connectivity index (χ3v) is 5.57. The molecule has 0 aliphatic carbocycles. The van der Waals surface area contributed by atoms with Crippen molar-refractivity contribution in [3.8, 4) is 5.75 Å². The van der Waals surface area contributed by atoms with Crippen molar-refractivity contribution >= 4 is 32.6 Å². The molecule has 3 aromatic rings. The van der Waals surface area contributed by atoms with Crippen LogP contribution in [-0.4, -0.2) is 37.3 Å². The minimum absolute atomic E-state index is 0.0595. The van der Waals surface area contributed by atoms with Gasteiger partial charge < -0.3 is 9.47 Å². The largest absolute Gasteiger partial charge is 0.497 e. The number of carbonyl (C=O) groups excluding carboxylic acids is 1. The first kappa shape index (κ1) is 17.0. The molecule has 0 spiro atoms. The average Bonchev–Trinajstić information content (AvgIpc) is 3.34. The summed E-state index contributed by atoms with van der Waals surface area (Å²) in [6.07, 6.45) is 2.07. The summed E-state index contributed by atoms with van der Waals surface area (Å²) in [6.45, 7) is 1.28. The van der Waals surface area contributed by atoms with Crippen molar-refractivity contribution in [3.63, 3.8) is 0 Å². The smallest absolute Gasteiger partial charge is 0.260 e. The number of fused-ring (bicyclic) bond motifs is 1. The van der Waals surface area contributed by atoms with Gasteiger partial charge in [-0.25, -0.2) is 4.98 Å². The van der Waals surface area contributed by atoms with Crippen LogP contribution in [0.25, 0.3) is 10.2 Å². The van der Waals surface area contributed by atoms with Crippen molar-refractivity contribution in [1.29, 1.82) is 0 Å². The lowest BCUT2D eigenvalue weighted by Crippen LogP contribution is -2.37. The van der Waals surface area contributed by atoms with Crippen LogP contribution in [0.4, 0.5) is 5.13 Å². The fraction of sp³-hybridized carbons (Fsp3) is 0.300. The van der Waals surface area contributed by atoms with E-state index in [2.05, 4.69) is 4.98 Å². The van der Waals surface area contributed by atoms with Gasteiger partial charge >= 0.3 is 0 Å². The van der Waals surface area contributed by atoms with E-state index in [-0.39, 0.29) is 12.0 Å². The maximum atomic E-state index is 13.2. The predicted octanol–water partition coefficient (Wildman–Crippen LogP) is 4.13. The topological polar surface area (TPSA) is 51.7 Å². The van der Waals surface area contributed by atoms with Gasteiger partial charge in [-0.3, -0.25) is 9.69 Å². The highest BCUT2D eigenvalue weighted by Crippen LogP contribution is 2.31. The standard InChI is InChI=1S/C20H20N2O3S/c1-24-15-10-8-14(9-11-15)19(23)22(13-16-5-4-12-25-16)20-21-17-6-2-3-7-18(17)26-20/h2-3,6-11,16H,4-5,12-13H2,1H3/t16-/m1/s1. The van der Waals surface area contributed by atoms with Crippen molar-refractivity contribution in [1.82, 2.24) is 4.98 Å². The summed E-state index contributed by atoms with van der Waals surface area (Å²) in [5.41, 5.74) is 1.52. The zero-order valence-electron chi connectivity index (χ0n) is 14.6. The number of ether oxygens (including phenoxy) is 2. The van der Waals surface area contributed by atoms with Crippen LogP contribution in [0.5, 0.6) is 5.75 Å². The molecular formula is C20H20N2O3S. The van der Waals surface area contributed by atoms with Crippen molar-refractivity contribution in [2.45, 2.75) is 18.9 Å².